The number of aldehydes is 1. The lowest BCUT2D eigenvalue weighted by molar-refractivity contribution is -0.120. The molecule has 1 rings (SSSR count). The molecular weight excluding hydrogens is 256 g/mol. The number of hydrogen-bond donors (Lipinski definition) is 2. The molecule has 0 saturated heterocycles. The number of ketones is 1. The molecule has 0 aromatic rings. The summed E-state index contributed by atoms with van der Waals surface area (Å²) in [5.74, 6) is -0.561. The highest BCUT2D eigenvalue weighted by Crippen LogP contribution is 2.34. The van der Waals surface area contributed by atoms with Crippen molar-refractivity contribution in [2.75, 3.05) is 0 Å². The van der Waals surface area contributed by atoms with Gasteiger partial charge in [-0.2, -0.15) is 0 Å². The highest BCUT2D eigenvalue weighted by Gasteiger charge is 2.41. The van der Waals surface area contributed by atoms with Crippen molar-refractivity contribution in [3.63, 3.8) is 0 Å². The Hall–Kier alpha value is -0.740. The molecule has 0 spiro atoms. The summed E-state index contributed by atoms with van der Waals surface area (Å²) < 4.78 is 0. The maximum Gasteiger partial charge on any atom is 0.132 e. The number of Topliss-reactive ketones (excluding diaryl/α,β-unsaturated/α-hetero) is 1. The number of carbonyl (C=O) groups is 2. The van der Waals surface area contributed by atoms with E-state index < -0.39 is 18.1 Å². The van der Waals surface area contributed by atoms with Gasteiger partial charge in [0.25, 0.3) is 0 Å². The lowest BCUT2D eigenvalue weighted by Crippen LogP contribution is -2.24. The maximum atomic E-state index is 11.8. The van der Waals surface area contributed by atoms with Gasteiger partial charge in [-0.25, -0.2) is 0 Å². The average molecular weight is 284 g/mol. The first-order valence-electron chi connectivity index (χ1n) is 7.93. The Morgan fingerprint density at radius 3 is 2.45 bits per heavy atom. The Labute approximate surface area is 121 Å². The summed E-state index contributed by atoms with van der Waals surface area (Å²) >= 11 is 0. The number of carbonyl (C=O) groups excluding carboxylic acids is 2. The van der Waals surface area contributed by atoms with Crippen LogP contribution in [0.25, 0.3) is 0 Å². The summed E-state index contributed by atoms with van der Waals surface area (Å²) in [4.78, 5) is 22.7. The van der Waals surface area contributed by atoms with Gasteiger partial charge >= 0.3 is 0 Å². The second-order valence-corrected chi connectivity index (χ2v) is 5.99. The number of hydrogen-bond acceptors (Lipinski definition) is 4. The van der Waals surface area contributed by atoms with Crippen molar-refractivity contribution < 1.29 is 19.8 Å². The zero-order valence-corrected chi connectivity index (χ0v) is 12.5. The van der Waals surface area contributed by atoms with E-state index in [2.05, 4.69) is 6.92 Å². The van der Waals surface area contributed by atoms with Crippen molar-refractivity contribution in [3.8, 4) is 0 Å². The Morgan fingerprint density at radius 2 is 1.80 bits per heavy atom. The Kier molecular flexibility index (Phi) is 8.00. The van der Waals surface area contributed by atoms with Gasteiger partial charge in [0.1, 0.15) is 12.1 Å². The van der Waals surface area contributed by atoms with Crippen LogP contribution >= 0.6 is 0 Å². The van der Waals surface area contributed by atoms with E-state index >= 15 is 0 Å². The fraction of sp³-hybridized carbons (Fsp3) is 0.875. The molecule has 2 N–H and O–H groups in total. The van der Waals surface area contributed by atoms with Crippen LogP contribution < -0.4 is 0 Å². The molecule has 4 nitrogen and oxygen atoms in total. The lowest BCUT2D eigenvalue weighted by atomic mass is 9.89. The average Bonchev–Trinajstić information content (AvgIpc) is 2.69. The quantitative estimate of drug-likeness (QED) is 0.476. The van der Waals surface area contributed by atoms with Gasteiger partial charge in [0.05, 0.1) is 12.2 Å². The fourth-order valence-corrected chi connectivity index (χ4v) is 3.08. The Balaban J connectivity index is 2.21. The predicted molar refractivity (Wildman–Crippen MR) is 77.3 cm³/mol. The first-order chi connectivity index (χ1) is 9.60. The summed E-state index contributed by atoms with van der Waals surface area (Å²) in [7, 11) is 0. The molecule has 1 aliphatic carbocycles. The van der Waals surface area contributed by atoms with Gasteiger partial charge in [-0.3, -0.25) is 4.79 Å². The number of unbranched alkanes of at least 4 members (excludes halogenated alkanes) is 4. The summed E-state index contributed by atoms with van der Waals surface area (Å²) in [5.41, 5.74) is 0. The standard InChI is InChI=1S/C16H28O4/c1-2-3-4-5-6-7-12(18)8-9-13-14(11-17)16(20)10-15(13)19/h11,13-16,19-20H,2-10H2,1H3/t13-,14+,15-,16+/m1/s1. The largest absolute Gasteiger partial charge is 0.393 e. The van der Waals surface area contributed by atoms with Gasteiger partial charge in [0.2, 0.25) is 0 Å². The molecule has 0 aromatic heterocycles. The fourth-order valence-electron chi connectivity index (χ4n) is 3.08. The highest BCUT2D eigenvalue weighted by atomic mass is 16.3. The second kappa shape index (κ2) is 9.24. The van der Waals surface area contributed by atoms with Crippen molar-refractivity contribution in [2.24, 2.45) is 11.8 Å². The Bertz CT molecular complexity index is 303. The lowest BCUT2D eigenvalue weighted by Gasteiger charge is -2.18. The van der Waals surface area contributed by atoms with E-state index in [-0.39, 0.29) is 18.1 Å². The van der Waals surface area contributed by atoms with Gasteiger partial charge in [-0.1, -0.05) is 32.6 Å². The van der Waals surface area contributed by atoms with E-state index in [1.807, 2.05) is 0 Å². The van der Waals surface area contributed by atoms with Crippen LogP contribution in [0.1, 0.15) is 64.7 Å². The molecule has 4 atom stereocenters. The summed E-state index contributed by atoms with van der Waals surface area (Å²) in [6, 6.07) is 0. The third kappa shape index (κ3) is 5.33. The van der Waals surface area contributed by atoms with Gasteiger partial charge in [-0.15, -0.1) is 0 Å². The molecule has 0 heterocycles. The third-order valence-corrected chi connectivity index (χ3v) is 4.39. The molecule has 0 unspecified atom stereocenters. The predicted octanol–water partition coefficient (Wildman–Crippen LogP) is 2.25. The number of rotatable bonds is 10. The monoisotopic (exact) mass is 284 g/mol. The van der Waals surface area contributed by atoms with Gasteiger partial charge in [-0.05, 0) is 18.8 Å². The van der Waals surface area contributed by atoms with Crippen molar-refractivity contribution in [1.29, 1.82) is 0 Å². The van der Waals surface area contributed by atoms with Crippen molar-refractivity contribution in [3.05, 3.63) is 0 Å². The van der Waals surface area contributed by atoms with Crippen LogP contribution in [0.2, 0.25) is 0 Å². The van der Waals surface area contributed by atoms with Crippen LogP contribution in [0, 0.1) is 11.8 Å². The van der Waals surface area contributed by atoms with E-state index in [4.69, 9.17) is 0 Å². The molecule has 0 radical (unpaired) electrons. The van der Waals surface area contributed by atoms with E-state index in [9.17, 15) is 19.8 Å². The molecule has 1 fully saturated rings. The number of aliphatic hydroxyl groups is 2. The molecule has 0 aromatic carbocycles. The number of aliphatic hydroxyl groups excluding tert-OH is 2. The first-order valence-corrected chi connectivity index (χ1v) is 7.93. The Morgan fingerprint density at radius 1 is 1.10 bits per heavy atom. The van der Waals surface area contributed by atoms with Crippen molar-refractivity contribution in [1.82, 2.24) is 0 Å². The first kappa shape index (κ1) is 17.3. The van der Waals surface area contributed by atoms with E-state index in [0.29, 0.717) is 19.3 Å². The van der Waals surface area contributed by atoms with E-state index in [0.717, 1.165) is 19.1 Å². The zero-order chi connectivity index (χ0) is 15.0. The minimum atomic E-state index is -0.753. The second-order valence-electron chi connectivity index (χ2n) is 5.99. The maximum absolute atomic E-state index is 11.8. The van der Waals surface area contributed by atoms with Gasteiger partial charge in [0.15, 0.2) is 0 Å². The van der Waals surface area contributed by atoms with Crippen LogP contribution in [0.4, 0.5) is 0 Å². The van der Waals surface area contributed by atoms with E-state index in [1.165, 1.54) is 19.3 Å². The highest BCUT2D eigenvalue weighted by molar-refractivity contribution is 5.78. The summed E-state index contributed by atoms with van der Waals surface area (Å²) in [6.45, 7) is 2.16. The SMILES string of the molecule is CCCCCCCC(=O)CC[C@@H]1[C@H](C=O)[C@@H](O)C[C@H]1O. The van der Waals surface area contributed by atoms with Crippen LogP contribution in [-0.4, -0.2) is 34.5 Å². The third-order valence-electron chi connectivity index (χ3n) is 4.39. The molecule has 4 heteroatoms. The molecule has 1 saturated carbocycles. The topological polar surface area (TPSA) is 74.6 Å². The molecule has 0 aliphatic heterocycles. The van der Waals surface area contributed by atoms with Gasteiger partial charge < -0.3 is 15.0 Å². The molecule has 20 heavy (non-hydrogen) atoms. The van der Waals surface area contributed by atoms with Crippen LogP contribution in [0.3, 0.4) is 0 Å². The summed E-state index contributed by atoms with van der Waals surface area (Å²) in [6.07, 6.45) is 6.72. The zero-order valence-electron chi connectivity index (χ0n) is 12.5. The van der Waals surface area contributed by atoms with Crippen molar-refractivity contribution in [2.45, 2.75) is 76.9 Å². The van der Waals surface area contributed by atoms with Crippen LogP contribution in [0.15, 0.2) is 0 Å². The molecule has 116 valence electrons. The molecular formula is C16H28O4. The normalized spacial score (nSPS) is 29.6. The summed E-state index contributed by atoms with van der Waals surface area (Å²) in [5, 5.41) is 19.5. The molecule has 1 aliphatic rings. The molecule has 0 bridgehead atoms. The van der Waals surface area contributed by atoms with Crippen LogP contribution in [0.5, 0.6) is 0 Å². The van der Waals surface area contributed by atoms with E-state index in [1.54, 1.807) is 0 Å². The smallest absolute Gasteiger partial charge is 0.132 e. The minimum absolute atomic E-state index is 0.208. The molecule has 0 amide bonds. The van der Waals surface area contributed by atoms with Crippen LogP contribution in [-0.2, 0) is 9.59 Å². The minimum Gasteiger partial charge on any atom is -0.393 e. The van der Waals surface area contributed by atoms with Crippen molar-refractivity contribution >= 4 is 12.1 Å². The van der Waals surface area contributed by atoms with Gasteiger partial charge in [0, 0.05) is 25.2 Å².